The van der Waals surface area contributed by atoms with E-state index in [0.29, 0.717) is 23.8 Å². The highest BCUT2D eigenvalue weighted by Crippen LogP contribution is 2.26. The minimum atomic E-state index is -0.270. The smallest absolute Gasteiger partial charge is 0.275 e. The zero-order valence-corrected chi connectivity index (χ0v) is 13.3. The van der Waals surface area contributed by atoms with E-state index < -0.39 is 0 Å². The Morgan fingerprint density at radius 3 is 3.17 bits per heavy atom. The average Bonchev–Trinajstić information content (AvgIpc) is 3.22. The quantitative estimate of drug-likeness (QED) is 0.790. The first-order chi connectivity index (χ1) is 11.7. The van der Waals surface area contributed by atoms with E-state index in [1.807, 2.05) is 13.1 Å². The Labute approximate surface area is 138 Å². The van der Waals surface area contributed by atoms with Gasteiger partial charge in [0.05, 0.1) is 18.5 Å². The van der Waals surface area contributed by atoms with Crippen molar-refractivity contribution in [1.29, 1.82) is 0 Å². The maximum Gasteiger partial charge on any atom is 0.275 e. The van der Waals surface area contributed by atoms with Crippen LogP contribution in [0.4, 0.5) is 5.82 Å². The van der Waals surface area contributed by atoms with E-state index in [9.17, 15) is 4.79 Å². The minimum absolute atomic E-state index is 0.270. The molecule has 3 aromatic rings. The molecule has 3 aromatic heterocycles. The third-order valence-corrected chi connectivity index (χ3v) is 4.21. The number of aryl methyl sites for hydroxylation is 1. The molecule has 0 aliphatic carbocycles. The highest BCUT2D eigenvalue weighted by molar-refractivity contribution is 6.02. The zero-order valence-electron chi connectivity index (χ0n) is 13.3. The minimum Gasteiger partial charge on any atom is -0.381 e. The SMILES string of the molecule is Cn1nc(C2CCCOC2)cc1NC(=O)c1ccn2nccc2n1. The Kier molecular flexibility index (Phi) is 3.73. The molecule has 0 aromatic carbocycles. The summed E-state index contributed by atoms with van der Waals surface area (Å²) in [7, 11) is 1.82. The molecule has 0 bridgehead atoms. The van der Waals surface area contributed by atoms with Crippen molar-refractivity contribution in [3.8, 4) is 0 Å². The summed E-state index contributed by atoms with van der Waals surface area (Å²) in [5, 5.41) is 11.5. The molecule has 0 spiro atoms. The number of hydrogen-bond donors (Lipinski definition) is 1. The summed E-state index contributed by atoms with van der Waals surface area (Å²) in [5.41, 5.74) is 1.92. The van der Waals surface area contributed by atoms with Gasteiger partial charge >= 0.3 is 0 Å². The largest absolute Gasteiger partial charge is 0.381 e. The molecular weight excluding hydrogens is 308 g/mol. The fourth-order valence-corrected chi connectivity index (χ4v) is 2.90. The summed E-state index contributed by atoms with van der Waals surface area (Å²) in [4.78, 5) is 16.7. The van der Waals surface area contributed by atoms with Gasteiger partial charge in [0.15, 0.2) is 5.65 Å². The predicted octanol–water partition coefficient (Wildman–Crippen LogP) is 1.61. The van der Waals surface area contributed by atoms with Crippen molar-refractivity contribution in [2.45, 2.75) is 18.8 Å². The third kappa shape index (κ3) is 2.76. The van der Waals surface area contributed by atoms with Crippen LogP contribution in [0.5, 0.6) is 0 Å². The van der Waals surface area contributed by atoms with Crippen LogP contribution >= 0.6 is 0 Å². The van der Waals surface area contributed by atoms with Crippen molar-refractivity contribution in [3.05, 3.63) is 42.0 Å². The number of amides is 1. The van der Waals surface area contributed by atoms with Crippen molar-refractivity contribution in [1.82, 2.24) is 24.4 Å². The fraction of sp³-hybridized carbons (Fsp3) is 0.375. The maximum atomic E-state index is 12.4. The number of ether oxygens (including phenoxy) is 1. The molecule has 124 valence electrons. The first kappa shape index (κ1) is 14.8. The van der Waals surface area contributed by atoms with E-state index in [1.54, 1.807) is 33.7 Å². The second kappa shape index (κ2) is 6.04. The molecule has 4 heterocycles. The molecule has 1 fully saturated rings. The summed E-state index contributed by atoms with van der Waals surface area (Å²) in [5.74, 6) is 0.667. The van der Waals surface area contributed by atoms with Crippen LogP contribution < -0.4 is 5.32 Å². The summed E-state index contributed by atoms with van der Waals surface area (Å²) in [6.07, 6.45) is 5.46. The van der Waals surface area contributed by atoms with E-state index >= 15 is 0 Å². The number of carbonyl (C=O) groups excluding carboxylic acids is 1. The number of hydrogen-bond acceptors (Lipinski definition) is 5. The summed E-state index contributed by atoms with van der Waals surface area (Å²) < 4.78 is 8.81. The molecule has 8 heteroatoms. The predicted molar refractivity (Wildman–Crippen MR) is 86.9 cm³/mol. The number of nitrogens with zero attached hydrogens (tertiary/aromatic N) is 5. The van der Waals surface area contributed by atoms with Gasteiger partial charge in [0, 0.05) is 37.9 Å². The lowest BCUT2D eigenvalue weighted by Crippen LogP contribution is -2.16. The molecule has 1 atom stereocenters. The fourth-order valence-electron chi connectivity index (χ4n) is 2.90. The van der Waals surface area contributed by atoms with Crippen LogP contribution in [0.25, 0.3) is 5.65 Å². The van der Waals surface area contributed by atoms with E-state index in [0.717, 1.165) is 25.1 Å². The standard InChI is InChI=1S/C16H18N6O2/c1-21-15(9-13(20-21)11-3-2-8-24-10-11)19-16(23)12-5-7-22-14(18-12)4-6-17-22/h4-7,9,11H,2-3,8,10H2,1H3,(H,19,23). The molecule has 8 nitrogen and oxygen atoms in total. The van der Waals surface area contributed by atoms with Gasteiger partial charge in [-0.1, -0.05) is 0 Å². The monoisotopic (exact) mass is 326 g/mol. The molecule has 1 aliphatic heterocycles. The summed E-state index contributed by atoms with van der Waals surface area (Å²) >= 11 is 0. The topological polar surface area (TPSA) is 86.3 Å². The Morgan fingerprint density at radius 1 is 1.42 bits per heavy atom. The van der Waals surface area contributed by atoms with Crippen molar-refractivity contribution < 1.29 is 9.53 Å². The van der Waals surface area contributed by atoms with Crippen LogP contribution in [-0.4, -0.2) is 43.5 Å². The lowest BCUT2D eigenvalue weighted by molar-refractivity contribution is 0.0791. The van der Waals surface area contributed by atoms with Crippen LogP contribution in [0.2, 0.25) is 0 Å². The van der Waals surface area contributed by atoms with Crippen LogP contribution in [0.1, 0.15) is 34.9 Å². The van der Waals surface area contributed by atoms with Crippen molar-refractivity contribution in [2.24, 2.45) is 7.05 Å². The molecule has 24 heavy (non-hydrogen) atoms. The number of anilines is 1. The van der Waals surface area contributed by atoms with Crippen LogP contribution in [0, 0.1) is 0 Å². The molecular formula is C16H18N6O2. The van der Waals surface area contributed by atoms with E-state index in [-0.39, 0.29) is 11.8 Å². The maximum absolute atomic E-state index is 12.4. The molecule has 4 rings (SSSR count). The Morgan fingerprint density at radius 2 is 2.33 bits per heavy atom. The van der Waals surface area contributed by atoms with Crippen LogP contribution in [0.15, 0.2) is 30.6 Å². The van der Waals surface area contributed by atoms with Gasteiger partial charge in [-0.2, -0.15) is 10.2 Å². The normalized spacial score (nSPS) is 18.0. The van der Waals surface area contributed by atoms with Gasteiger partial charge in [-0.15, -0.1) is 0 Å². The van der Waals surface area contributed by atoms with Crippen molar-refractivity contribution >= 4 is 17.4 Å². The van der Waals surface area contributed by atoms with E-state index in [1.165, 1.54) is 0 Å². The van der Waals surface area contributed by atoms with Gasteiger partial charge in [0.25, 0.3) is 5.91 Å². The zero-order chi connectivity index (χ0) is 16.5. The molecule has 1 unspecified atom stereocenters. The molecule has 1 saturated heterocycles. The molecule has 1 N–H and O–H groups in total. The Balaban J connectivity index is 1.53. The number of nitrogens with one attached hydrogen (secondary N) is 1. The summed E-state index contributed by atoms with van der Waals surface area (Å²) in [6, 6.07) is 5.30. The van der Waals surface area contributed by atoms with Gasteiger partial charge in [-0.25, -0.2) is 9.50 Å². The Bertz CT molecular complexity index is 878. The Hall–Kier alpha value is -2.74. The molecule has 0 saturated carbocycles. The van der Waals surface area contributed by atoms with Gasteiger partial charge in [-0.05, 0) is 18.9 Å². The second-order valence-corrected chi connectivity index (χ2v) is 5.89. The number of rotatable bonds is 3. The van der Waals surface area contributed by atoms with Gasteiger partial charge in [0.2, 0.25) is 0 Å². The highest BCUT2D eigenvalue weighted by Gasteiger charge is 2.21. The first-order valence-corrected chi connectivity index (χ1v) is 7.94. The molecule has 1 amide bonds. The average molecular weight is 326 g/mol. The lowest BCUT2D eigenvalue weighted by Gasteiger charge is -2.19. The van der Waals surface area contributed by atoms with E-state index in [4.69, 9.17) is 4.74 Å². The molecule has 0 radical (unpaired) electrons. The first-order valence-electron chi connectivity index (χ1n) is 7.94. The number of carbonyl (C=O) groups is 1. The van der Waals surface area contributed by atoms with Gasteiger partial charge in [-0.3, -0.25) is 9.48 Å². The van der Waals surface area contributed by atoms with Crippen molar-refractivity contribution in [2.75, 3.05) is 18.5 Å². The number of aromatic nitrogens is 5. The van der Waals surface area contributed by atoms with Gasteiger partial charge < -0.3 is 10.1 Å². The summed E-state index contributed by atoms with van der Waals surface area (Å²) in [6.45, 7) is 1.50. The van der Waals surface area contributed by atoms with E-state index in [2.05, 4.69) is 20.5 Å². The van der Waals surface area contributed by atoms with Crippen molar-refractivity contribution in [3.63, 3.8) is 0 Å². The lowest BCUT2D eigenvalue weighted by atomic mass is 9.99. The van der Waals surface area contributed by atoms with Crippen LogP contribution in [-0.2, 0) is 11.8 Å². The third-order valence-electron chi connectivity index (χ3n) is 4.21. The molecule has 1 aliphatic rings. The number of fused-ring (bicyclic) bond motifs is 1. The van der Waals surface area contributed by atoms with Crippen LogP contribution in [0.3, 0.4) is 0 Å². The second-order valence-electron chi connectivity index (χ2n) is 5.89. The highest BCUT2D eigenvalue weighted by atomic mass is 16.5. The van der Waals surface area contributed by atoms with Gasteiger partial charge in [0.1, 0.15) is 11.5 Å².